The topological polar surface area (TPSA) is 20.2 Å². The zero-order valence-electron chi connectivity index (χ0n) is 10.5. The van der Waals surface area contributed by atoms with Crippen molar-refractivity contribution in [2.45, 2.75) is 66.2 Å². The highest BCUT2D eigenvalue weighted by Gasteiger charge is 2.08. The minimum Gasteiger partial charge on any atom is -0.396 e. The van der Waals surface area contributed by atoms with Crippen molar-refractivity contribution in [1.82, 2.24) is 0 Å². The summed E-state index contributed by atoms with van der Waals surface area (Å²) in [6.45, 7) is 9.39. The van der Waals surface area contributed by atoms with Crippen molar-refractivity contribution < 1.29 is 5.11 Å². The summed E-state index contributed by atoms with van der Waals surface area (Å²) in [5.74, 6) is 0.498. The quantitative estimate of drug-likeness (QED) is 0.616. The van der Waals surface area contributed by atoms with Gasteiger partial charge in [-0.2, -0.15) is 0 Å². The molecule has 1 atom stereocenters. The maximum atomic E-state index is 8.84. The predicted octanol–water partition coefficient (Wildman–Crippen LogP) is 4.00. The summed E-state index contributed by atoms with van der Waals surface area (Å²) in [5, 5.41) is 8.84. The molecule has 1 unspecified atom stereocenters. The van der Waals surface area contributed by atoms with Gasteiger partial charge in [0.1, 0.15) is 0 Å². The lowest BCUT2D eigenvalue weighted by atomic mass is 9.89. The summed E-state index contributed by atoms with van der Waals surface area (Å²) in [4.78, 5) is 0. The van der Waals surface area contributed by atoms with Gasteiger partial charge in [0.05, 0.1) is 0 Å². The van der Waals surface area contributed by atoms with E-state index >= 15 is 0 Å². The molecular weight excluding hydrogens is 172 g/mol. The van der Waals surface area contributed by atoms with Gasteiger partial charge in [-0.05, 0) is 24.2 Å². The van der Waals surface area contributed by atoms with Gasteiger partial charge in [0.25, 0.3) is 0 Å². The summed E-state index contributed by atoms with van der Waals surface area (Å²) < 4.78 is 0. The summed E-state index contributed by atoms with van der Waals surface area (Å²) in [6, 6.07) is 0. The summed E-state index contributed by atoms with van der Waals surface area (Å²) >= 11 is 0. The fraction of sp³-hybridized carbons (Fsp3) is 1.00. The highest BCUT2D eigenvalue weighted by Crippen LogP contribution is 2.22. The van der Waals surface area contributed by atoms with E-state index in [-0.39, 0.29) is 0 Å². The van der Waals surface area contributed by atoms with E-state index in [2.05, 4.69) is 27.7 Å². The van der Waals surface area contributed by atoms with Crippen LogP contribution in [0.5, 0.6) is 0 Å². The first kappa shape index (κ1) is 14.0. The maximum absolute atomic E-state index is 8.84. The highest BCUT2D eigenvalue weighted by molar-refractivity contribution is 4.61. The summed E-state index contributed by atoms with van der Waals surface area (Å²) in [5.41, 5.74) is 0.498. The van der Waals surface area contributed by atoms with Gasteiger partial charge in [0.2, 0.25) is 0 Å². The molecule has 0 saturated heterocycles. The smallest absolute Gasteiger partial charge is 0.0456 e. The van der Waals surface area contributed by atoms with Crippen LogP contribution in [0.15, 0.2) is 0 Å². The first-order chi connectivity index (χ1) is 6.45. The van der Waals surface area contributed by atoms with E-state index in [1.54, 1.807) is 0 Å². The number of rotatable bonds is 7. The van der Waals surface area contributed by atoms with Gasteiger partial charge >= 0.3 is 0 Å². The van der Waals surface area contributed by atoms with Crippen LogP contribution in [-0.2, 0) is 0 Å². The Bertz CT molecular complexity index is 124. The van der Waals surface area contributed by atoms with Gasteiger partial charge < -0.3 is 5.11 Å². The Balaban J connectivity index is 3.14. The molecule has 0 spiro atoms. The SMILES string of the molecule is CC(CO)CCCCCCC(C)(C)C. The molecule has 0 radical (unpaired) electrons. The standard InChI is InChI=1S/C13H28O/c1-12(11-14)9-7-5-6-8-10-13(2,3)4/h12,14H,5-11H2,1-4H3. The van der Waals surface area contributed by atoms with E-state index < -0.39 is 0 Å². The molecular formula is C13H28O. The number of hydrogen-bond donors (Lipinski definition) is 1. The minimum absolute atomic E-state index is 0.349. The van der Waals surface area contributed by atoms with Crippen LogP contribution in [0.3, 0.4) is 0 Å². The van der Waals surface area contributed by atoms with Crippen molar-refractivity contribution in [3.8, 4) is 0 Å². The minimum atomic E-state index is 0.349. The second kappa shape index (κ2) is 7.28. The Kier molecular flexibility index (Phi) is 7.26. The number of hydrogen-bond acceptors (Lipinski definition) is 1. The molecule has 0 saturated carbocycles. The van der Waals surface area contributed by atoms with E-state index in [1.807, 2.05) is 0 Å². The van der Waals surface area contributed by atoms with Crippen LogP contribution in [-0.4, -0.2) is 11.7 Å². The van der Waals surface area contributed by atoms with Gasteiger partial charge in [0, 0.05) is 6.61 Å². The molecule has 0 rings (SSSR count). The normalized spacial score (nSPS) is 14.4. The molecule has 0 aromatic heterocycles. The lowest BCUT2D eigenvalue weighted by molar-refractivity contribution is 0.227. The molecule has 0 aromatic carbocycles. The third kappa shape index (κ3) is 10.0. The average molecular weight is 200 g/mol. The van der Waals surface area contributed by atoms with Crippen molar-refractivity contribution >= 4 is 0 Å². The molecule has 0 aliphatic rings. The van der Waals surface area contributed by atoms with Gasteiger partial charge in [0.15, 0.2) is 0 Å². The van der Waals surface area contributed by atoms with Gasteiger partial charge in [-0.1, -0.05) is 53.4 Å². The Hall–Kier alpha value is -0.0400. The Morgan fingerprint density at radius 2 is 1.57 bits per heavy atom. The van der Waals surface area contributed by atoms with E-state index in [0.29, 0.717) is 17.9 Å². The first-order valence-corrected chi connectivity index (χ1v) is 6.06. The molecule has 0 aliphatic carbocycles. The fourth-order valence-electron chi connectivity index (χ4n) is 1.59. The van der Waals surface area contributed by atoms with Crippen LogP contribution in [0.2, 0.25) is 0 Å². The van der Waals surface area contributed by atoms with Crippen LogP contribution < -0.4 is 0 Å². The monoisotopic (exact) mass is 200 g/mol. The average Bonchev–Trinajstić information content (AvgIpc) is 2.08. The van der Waals surface area contributed by atoms with Crippen LogP contribution in [0.25, 0.3) is 0 Å². The molecule has 0 amide bonds. The van der Waals surface area contributed by atoms with Gasteiger partial charge in [-0.25, -0.2) is 0 Å². The Labute approximate surface area is 89.9 Å². The predicted molar refractivity (Wildman–Crippen MR) is 63.4 cm³/mol. The third-order valence-electron chi connectivity index (χ3n) is 2.69. The van der Waals surface area contributed by atoms with Crippen LogP contribution in [0.1, 0.15) is 66.2 Å². The summed E-state index contributed by atoms with van der Waals surface area (Å²) in [6.07, 6.45) is 7.85. The summed E-state index contributed by atoms with van der Waals surface area (Å²) in [7, 11) is 0. The van der Waals surface area contributed by atoms with E-state index in [9.17, 15) is 0 Å². The zero-order chi connectivity index (χ0) is 11.0. The van der Waals surface area contributed by atoms with Gasteiger partial charge in [-0.3, -0.25) is 0 Å². The van der Waals surface area contributed by atoms with Crippen molar-refractivity contribution in [2.24, 2.45) is 11.3 Å². The molecule has 0 aliphatic heterocycles. The molecule has 0 heterocycles. The van der Waals surface area contributed by atoms with Crippen molar-refractivity contribution in [3.05, 3.63) is 0 Å². The van der Waals surface area contributed by atoms with E-state index in [4.69, 9.17) is 5.11 Å². The molecule has 1 nitrogen and oxygen atoms in total. The molecule has 86 valence electrons. The zero-order valence-corrected chi connectivity index (χ0v) is 10.5. The molecule has 1 heteroatoms. The van der Waals surface area contributed by atoms with Crippen molar-refractivity contribution in [3.63, 3.8) is 0 Å². The van der Waals surface area contributed by atoms with Crippen molar-refractivity contribution in [1.29, 1.82) is 0 Å². The number of unbranched alkanes of at least 4 members (excludes halogenated alkanes) is 3. The third-order valence-corrected chi connectivity index (χ3v) is 2.69. The Morgan fingerprint density at radius 1 is 1.00 bits per heavy atom. The molecule has 0 fully saturated rings. The molecule has 0 bridgehead atoms. The second-order valence-electron chi connectivity index (χ2n) is 5.80. The molecule has 0 aromatic rings. The maximum Gasteiger partial charge on any atom is 0.0456 e. The van der Waals surface area contributed by atoms with Crippen LogP contribution >= 0.6 is 0 Å². The van der Waals surface area contributed by atoms with E-state index in [0.717, 1.165) is 0 Å². The van der Waals surface area contributed by atoms with Crippen LogP contribution in [0, 0.1) is 11.3 Å². The van der Waals surface area contributed by atoms with Crippen molar-refractivity contribution in [2.75, 3.05) is 6.61 Å². The molecule has 1 N–H and O–H groups in total. The number of aliphatic hydroxyl groups excluding tert-OH is 1. The highest BCUT2D eigenvalue weighted by atomic mass is 16.3. The Morgan fingerprint density at radius 3 is 2.07 bits per heavy atom. The van der Waals surface area contributed by atoms with Crippen LogP contribution in [0.4, 0.5) is 0 Å². The molecule has 14 heavy (non-hydrogen) atoms. The fourth-order valence-corrected chi connectivity index (χ4v) is 1.59. The first-order valence-electron chi connectivity index (χ1n) is 6.06. The number of aliphatic hydroxyl groups is 1. The van der Waals surface area contributed by atoms with E-state index in [1.165, 1.54) is 38.5 Å². The second-order valence-corrected chi connectivity index (χ2v) is 5.80. The largest absolute Gasteiger partial charge is 0.396 e. The van der Waals surface area contributed by atoms with Gasteiger partial charge in [-0.15, -0.1) is 0 Å². The lowest BCUT2D eigenvalue weighted by Gasteiger charge is -2.17. The lowest BCUT2D eigenvalue weighted by Crippen LogP contribution is -2.04.